The Morgan fingerprint density at radius 3 is 2.26 bits per heavy atom. The standard InChI is InChI=1S/C14H16BrNO3/c15-12-3-1-11(2-4-12)13(17)16-7-5-14(6-8-16)18-9-10-19-14/h1-4H,5-10H2. The minimum Gasteiger partial charge on any atom is -0.347 e. The van der Waals surface area contributed by atoms with Gasteiger partial charge in [0.15, 0.2) is 5.79 Å². The number of carbonyl (C=O) groups excluding carboxylic acids is 1. The highest BCUT2D eigenvalue weighted by Gasteiger charge is 2.40. The highest BCUT2D eigenvalue weighted by atomic mass is 79.9. The van der Waals surface area contributed by atoms with Crippen LogP contribution in [0.15, 0.2) is 28.7 Å². The monoisotopic (exact) mass is 325 g/mol. The molecule has 102 valence electrons. The van der Waals surface area contributed by atoms with Crippen LogP contribution in [0.1, 0.15) is 23.2 Å². The summed E-state index contributed by atoms with van der Waals surface area (Å²) in [5.74, 6) is -0.336. The predicted octanol–water partition coefficient (Wildman–Crippen LogP) is 2.43. The molecule has 2 heterocycles. The number of ether oxygens (including phenoxy) is 2. The Hall–Kier alpha value is -0.910. The van der Waals surface area contributed by atoms with E-state index in [9.17, 15) is 4.79 Å². The molecule has 0 unspecified atom stereocenters. The zero-order valence-corrected chi connectivity index (χ0v) is 12.2. The van der Waals surface area contributed by atoms with Crippen molar-refractivity contribution in [2.45, 2.75) is 18.6 Å². The maximum atomic E-state index is 12.3. The van der Waals surface area contributed by atoms with E-state index >= 15 is 0 Å². The number of carbonyl (C=O) groups is 1. The second-order valence-corrected chi connectivity index (χ2v) is 5.82. The highest BCUT2D eigenvalue weighted by molar-refractivity contribution is 9.10. The summed E-state index contributed by atoms with van der Waals surface area (Å²) in [7, 11) is 0. The number of amides is 1. The molecule has 2 aliphatic heterocycles. The third-order valence-corrected chi connectivity index (χ3v) is 4.25. The average Bonchev–Trinajstić information content (AvgIpc) is 2.88. The third kappa shape index (κ3) is 2.68. The maximum Gasteiger partial charge on any atom is 0.253 e. The molecule has 3 rings (SSSR count). The molecule has 0 atom stereocenters. The molecule has 1 spiro atoms. The van der Waals surface area contributed by atoms with Gasteiger partial charge in [0.1, 0.15) is 0 Å². The maximum absolute atomic E-state index is 12.3. The van der Waals surface area contributed by atoms with Gasteiger partial charge in [-0.2, -0.15) is 0 Å². The summed E-state index contributed by atoms with van der Waals surface area (Å²) in [6.45, 7) is 2.71. The van der Waals surface area contributed by atoms with E-state index in [1.807, 2.05) is 29.2 Å². The van der Waals surface area contributed by atoms with Crippen molar-refractivity contribution in [3.63, 3.8) is 0 Å². The lowest BCUT2D eigenvalue weighted by Gasteiger charge is -2.37. The van der Waals surface area contributed by atoms with Gasteiger partial charge in [-0.15, -0.1) is 0 Å². The van der Waals surface area contributed by atoms with Crippen molar-refractivity contribution in [3.8, 4) is 0 Å². The molecule has 0 aromatic heterocycles. The molecule has 1 aromatic carbocycles. The number of piperidine rings is 1. The first-order valence-electron chi connectivity index (χ1n) is 6.51. The first-order chi connectivity index (χ1) is 9.19. The molecule has 0 saturated carbocycles. The molecule has 4 nitrogen and oxygen atoms in total. The highest BCUT2D eigenvalue weighted by Crippen LogP contribution is 2.31. The fraction of sp³-hybridized carbons (Fsp3) is 0.500. The number of rotatable bonds is 1. The van der Waals surface area contributed by atoms with Gasteiger partial charge in [-0.3, -0.25) is 4.79 Å². The number of halogens is 1. The summed E-state index contributed by atoms with van der Waals surface area (Å²) in [5.41, 5.74) is 0.729. The van der Waals surface area contributed by atoms with E-state index in [2.05, 4.69) is 15.9 Å². The summed E-state index contributed by atoms with van der Waals surface area (Å²) in [6.07, 6.45) is 1.52. The van der Waals surface area contributed by atoms with Crippen LogP contribution in [0.5, 0.6) is 0 Å². The first-order valence-corrected chi connectivity index (χ1v) is 7.31. The molecule has 0 aliphatic carbocycles. The van der Waals surface area contributed by atoms with Crippen LogP contribution < -0.4 is 0 Å². The fourth-order valence-electron chi connectivity index (χ4n) is 2.61. The Balaban J connectivity index is 1.64. The second kappa shape index (κ2) is 5.23. The predicted molar refractivity (Wildman–Crippen MR) is 73.9 cm³/mol. The molecule has 1 aromatic rings. The molecular weight excluding hydrogens is 310 g/mol. The second-order valence-electron chi connectivity index (χ2n) is 4.91. The van der Waals surface area contributed by atoms with Crippen molar-refractivity contribution < 1.29 is 14.3 Å². The van der Waals surface area contributed by atoms with Crippen LogP contribution in [-0.4, -0.2) is 42.9 Å². The molecule has 0 N–H and O–H groups in total. The van der Waals surface area contributed by atoms with Crippen LogP contribution in [0.4, 0.5) is 0 Å². The summed E-state index contributed by atoms with van der Waals surface area (Å²) in [6, 6.07) is 7.47. The number of hydrogen-bond donors (Lipinski definition) is 0. The van der Waals surface area contributed by atoms with E-state index in [1.165, 1.54) is 0 Å². The minimum atomic E-state index is -0.420. The number of benzene rings is 1. The Morgan fingerprint density at radius 1 is 1.11 bits per heavy atom. The Bertz CT molecular complexity index is 458. The van der Waals surface area contributed by atoms with E-state index in [0.717, 1.165) is 22.9 Å². The van der Waals surface area contributed by atoms with E-state index in [0.29, 0.717) is 26.3 Å². The van der Waals surface area contributed by atoms with Gasteiger partial charge in [-0.1, -0.05) is 15.9 Å². The van der Waals surface area contributed by atoms with Gasteiger partial charge in [-0.25, -0.2) is 0 Å². The molecule has 0 bridgehead atoms. The van der Waals surface area contributed by atoms with Gasteiger partial charge in [-0.05, 0) is 24.3 Å². The fourth-order valence-corrected chi connectivity index (χ4v) is 2.88. The Labute approximate surface area is 120 Å². The quantitative estimate of drug-likeness (QED) is 0.796. The van der Waals surface area contributed by atoms with Gasteiger partial charge < -0.3 is 14.4 Å². The lowest BCUT2D eigenvalue weighted by Crippen LogP contribution is -2.47. The van der Waals surface area contributed by atoms with Crippen LogP contribution in [0.25, 0.3) is 0 Å². The summed E-state index contributed by atoms with van der Waals surface area (Å²) >= 11 is 3.37. The van der Waals surface area contributed by atoms with Crippen molar-refractivity contribution in [2.75, 3.05) is 26.3 Å². The zero-order valence-electron chi connectivity index (χ0n) is 10.6. The van der Waals surface area contributed by atoms with E-state index in [4.69, 9.17) is 9.47 Å². The van der Waals surface area contributed by atoms with Crippen molar-refractivity contribution >= 4 is 21.8 Å². The van der Waals surface area contributed by atoms with Crippen LogP contribution in [-0.2, 0) is 9.47 Å². The summed E-state index contributed by atoms with van der Waals surface area (Å²) in [4.78, 5) is 14.2. The SMILES string of the molecule is O=C(c1ccc(Br)cc1)N1CCC2(CC1)OCCO2. The largest absolute Gasteiger partial charge is 0.347 e. The lowest BCUT2D eigenvalue weighted by atomic mass is 10.0. The average molecular weight is 326 g/mol. The summed E-state index contributed by atoms with van der Waals surface area (Å²) < 4.78 is 12.3. The van der Waals surface area contributed by atoms with Crippen molar-refractivity contribution in [2.24, 2.45) is 0 Å². The zero-order chi connectivity index (χ0) is 13.3. The van der Waals surface area contributed by atoms with E-state index < -0.39 is 5.79 Å². The third-order valence-electron chi connectivity index (χ3n) is 3.72. The van der Waals surface area contributed by atoms with Gasteiger partial charge in [0, 0.05) is 36.0 Å². The smallest absolute Gasteiger partial charge is 0.253 e. The van der Waals surface area contributed by atoms with Crippen LogP contribution in [0, 0.1) is 0 Å². The van der Waals surface area contributed by atoms with Crippen molar-refractivity contribution in [1.29, 1.82) is 0 Å². The Morgan fingerprint density at radius 2 is 1.68 bits per heavy atom. The molecule has 5 heteroatoms. The van der Waals surface area contributed by atoms with E-state index in [-0.39, 0.29) is 5.91 Å². The molecule has 2 fully saturated rings. The van der Waals surface area contributed by atoms with Gasteiger partial charge in [0.25, 0.3) is 5.91 Å². The molecule has 0 radical (unpaired) electrons. The first kappa shape index (κ1) is 13.1. The summed E-state index contributed by atoms with van der Waals surface area (Å²) in [5, 5.41) is 0. The minimum absolute atomic E-state index is 0.0837. The lowest BCUT2D eigenvalue weighted by molar-refractivity contribution is -0.181. The molecule has 19 heavy (non-hydrogen) atoms. The molecule has 2 saturated heterocycles. The molecule has 2 aliphatic rings. The van der Waals surface area contributed by atoms with Crippen molar-refractivity contribution in [1.82, 2.24) is 4.90 Å². The van der Waals surface area contributed by atoms with Crippen molar-refractivity contribution in [3.05, 3.63) is 34.3 Å². The van der Waals surface area contributed by atoms with E-state index in [1.54, 1.807) is 0 Å². The van der Waals surface area contributed by atoms with Gasteiger partial charge >= 0.3 is 0 Å². The van der Waals surface area contributed by atoms with Crippen LogP contribution >= 0.6 is 15.9 Å². The topological polar surface area (TPSA) is 38.8 Å². The van der Waals surface area contributed by atoms with Crippen LogP contribution in [0.2, 0.25) is 0 Å². The number of nitrogens with zero attached hydrogens (tertiary/aromatic N) is 1. The number of likely N-dealkylation sites (tertiary alicyclic amines) is 1. The Kier molecular flexibility index (Phi) is 3.60. The molecular formula is C14H16BrNO3. The van der Waals surface area contributed by atoms with Gasteiger partial charge in [0.2, 0.25) is 0 Å². The van der Waals surface area contributed by atoms with Gasteiger partial charge in [0.05, 0.1) is 13.2 Å². The number of hydrogen-bond acceptors (Lipinski definition) is 3. The van der Waals surface area contributed by atoms with Crippen LogP contribution in [0.3, 0.4) is 0 Å². The molecule has 1 amide bonds. The normalized spacial score (nSPS) is 21.8.